The third-order valence-electron chi connectivity index (χ3n) is 3.90. The smallest absolute Gasteiger partial charge is 0.395 e. The number of benzene rings is 1. The van der Waals surface area contributed by atoms with Crippen molar-refractivity contribution in [2.24, 2.45) is 4.99 Å². The van der Waals surface area contributed by atoms with Gasteiger partial charge in [0.25, 0.3) is 0 Å². The van der Waals surface area contributed by atoms with Gasteiger partial charge in [0, 0.05) is 38.4 Å². The number of nitrogens with zero attached hydrogens (tertiary/aromatic N) is 2. The van der Waals surface area contributed by atoms with Crippen molar-refractivity contribution in [2.45, 2.75) is 18.8 Å². The van der Waals surface area contributed by atoms with Crippen LogP contribution in [0, 0.1) is 5.41 Å². The number of aliphatic imine (C=N–C) groups is 1. The van der Waals surface area contributed by atoms with Crippen LogP contribution in [0.25, 0.3) is 5.70 Å². The van der Waals surface area contributed by atoms with Gasteiger partial charge in [-0.05, 0) is 12.1 Å². The van der Waals surface area contributed by atoms with E-state index in [1.54, 1.807) is 18.1 Å². The van der Waals surface area contributed by atoms with Gasteiger partial charge in [0.1, 0.15) is 11.9 Å². The summed E-state index contributed by atoms with van der Waals surface area (Å²) in [5.41, 5.74) is 3.82. The number of carbonyl (C=O) groups is 1. The molecule has 3 N–H and O–H groups in total. The molecule has 144 valence electrons. The first-order valence-corrected chi connectivity index (χ1v) is 8.19. The first-order chi connectivity index (χ1) is 12.7. The average molecular weight is 400 g/mol. The third-order valence-corrected chi connectivity index (χ3v) is 4.21. The number of ether oxygens (including phenoxy) is 2. The van der Waals surface area contributed by atoms with Crippen molar-refractivity contribution >= 4 is 35.3 Å². The Hall–Kier alpha value is -2.72. The predicted molar refractivity (Wildman–Crippen MR) is 95.2 cm³/mol. The van der Waals surface area contributed by atoms with Crippen molar-refractivity contribution in [1.82, 2.24) is 15.8 Å². The molecule has 1 aromatic rings. The predicted octanol–water partition coefficient (Wildman–Crippen LogP) is 2.01. The molecule has 1 atom stereocenters. The van der Waals surface area contributed by atoms with E-state index in [1.165, 1.54) is 19.2 Å². The SMILES string of the molecule is CN=C(CC=N)NC(=O)C1C=C(c2cc3c(cc2Cl)OC(F)(F)O3)N(C)N1. The topological polar surface area (TPSA) is 99.0 Å². The van der Waals surface area contributed by atoms with Crippen LogP contribution < -0.4 is 20.2 Å². The van der Waals surface area contributed by atoms with Crippen LogP contribution in [-0.2, 0) is 4.79 Å². The van der Waals surface area contributed by atoms with Gasteiger partial charge in [0.05, 0.1) is 10.7 Å². The molecule has 2 aliphatic rings. The highest BCUT2D eigenvalue weighted by Gasteiger charge is 2.44. The lowest BCUT2D eigenvalue weighted by Gasteiger charge is -2.19. The molecule has 0 fully saturated rings. The molecule has 1 amide bonds. The van der Waals surface area contributed by atoms with Gasteiger partial charge in [-0.2, -0.15) is 0 Å². The van der Waals surface area contributed by atoms with E-state index in [4.69, 9.17) is 17.0 Å². The summed E-state index contributed by atoms with van der Waals surface area (Å²) in [6.07, 6.45) is -0.829. The summed E-state index contributed by atoms with van der Waals surface area (Å²) in [5.74, 6) is -0.340. The van der Waals surface area contributed by atoms with Crippen LogP contribution in [0.5, 0.6) is 11.5 Å². The normalized spacial score (nSPS) is 20.5. The van der Waals surface area contributed by atoms with Gasteiger partial charge < -0.3 is 25.2 Å². The first-order valence-electron chi connectivity index (χ1n) is 7.81. The second kappa shape index (κ2) is 7.12. The zero-order valence-electron chi connectivity index (χ0n) is 14.3. The van der Waals surface area contributed by atoms with Crippen LogP contribution in [0.3, 0.4) is 0 Å². The summed E-state index contributed by atoms with van der Waals surface area (Å²) in [6, 6.07) is 1.83. The summed E-state index contributed by atoms with van der Waals surface area (Å²) in [4.78, 5) is 16.3. The lowest BCUT2D eigenvalue weighted by atomic mass is 10.1. The molecule has 0 spiro atoms. The van der Waals surface area contributed by atoms with E-state index in [0.29, 0.717) is 17.1 Å². The minimum Gasteiger partial charge on any atom is -0.395 e. The highest BCUT2D eigenvalue weighted by atomic mass is 35.5. The fourth-order valence-corrected chi connectivity index (χ4v) is 2.92. The molecule has 1 unspecified atom stereocenters. The van der Waals surface area contributed by atoms with Crippen molar-refractivity contribution < 1.29 is 23.0 Å². The summed E-state index contributed by atoms with van der Waals surface area (Å²) in [6.45, 7) is 0. The molecule has 0 aromatic heterocycles. The number of nitrogens with one attached hydrogen (secondary N) is 3. The number of hydrazine groups is 1. The largest absolute Gasteiger partial charge is 0.586 e. The Morgan fingerprint density at radius 2 is 2.15 bits per heavy atom. The highest BCUT2D eigenvalue weighted by Crippen LogP contribution is 2.45. The number of amidine groups is 1. The molecule has 11 heteroatoms. The monoisotopic (exact) mass is 399 g/mol. The van der Waals surface area contributed by atoms with Crippen molar-refractivity contribution in [3.05, 3.63) is 28.8 Å². The van der Waals surface area contributed by atoms with Crippen LogP contribution >= 0.6 is 11.6 Å². The molecule has 2 aliphatic heterocycles. The summed E-state index contributed by atoms with van der Waals surface area (Å²) in [7, 11) is 3.16. The fourth-order valence-electron chi connectivity index (χ4n) is 2.67. The van der Waals surface area contributed by atoms with Gasteiger partial charge in [-0.3, -0.25) is 9.79 Å². The van der Waals surface area contributed by atoms with E-state index in [-0.39, 0.29) is 28.8 Å². The molecule has 0 bridgehead atoms. The molecule has 0 radical (unpaired) electrons. The Morgan fingerprint density at radius 3 is 2.78 bits per heavy atom. The molecule has 0 saturated heterocycles. The Bertz CT molecular complexity index is 859. The zero-order valence-corrected chi connectivity index (χ0v) is 15.1. The highest BCUT2D eigenvalue weighted by molar-refractivity contribution is 6.32. The molecule has 1 aromatic carbocycles. The van der Waals surface area contributed by atoms with Crippen molar-refractivity contribution in [2.75, 3.05) is 14.1 Å². The van der Waals surface area contributed by atoms with E-state index >= 15 is 0 Å². The minimum absolute atomic E-state index is 0.145. The second-order valence-electron chi connectivity index (χ2n) is 5.73. The number of fused-ring (bicyclic) bond motifs is 1. The number of carbonyl (C=O) groups excluding carboxylic acids is 1. The summed E-state index contributed by atoms with van der Waals surface area (Å²) < 4.78 is 35.3. The third kappa shape index (κ3) is 3.86. The fraction of sp³-hybridized carbons (Fsp3) is 0.312. The van der Waals surface area contributed by atoms with Gasteiger partial charge in [0.15, 0.2) is 11.5 Å². The van der Waals surface area contributed by atoms with Crippen LogP contribution in [0.4, 0.5) is 8.78 Å². The van der Waals surface area contributed by atoms with Crippen molar-refractivity contribution in [3.63, 3.8) is 0 Å². The molecule has 8 nitrogen and oxygen atoms in total. The van der Waals surface area contributed by atoms with E-state index in [1.807, 2.05) is 0 Å². The van der Waals surface area contributed by atoms with Gasteiger partial charge >= 0.3 is 6.29 Å². The Balaban J connectivity index is 1.84. The molecule has 27 heavy (non-hydrogen) atoms. The maximum absolute atomic E-state index is 13.2. The maximum atomic E-state index is 13.2. The molecule has 2 heterocycles. The molecule has 0 aliphatic carbocycles. The molecule has 0 saturated carbocycles. The Kier molecular flexibility index (Phi) is 5.03. The number of alkyl halides is 2. The average Bonchev–Trinajstić information content (AvgIpc) is 3.11. The molecular formula is C16H16ClF2N5O3. The van der Waals surface area contributed by atoms with Crippen molar-refractivity contribution in [1.29, 1.82) is 5.41 Å². The molecule has 3 rings (SSSR count). The van der Waals surface area contributed by atoms with Crippen LogP contribution in [0.2, 0.25) is 5.02 Å². The number of rotatable bonds is 4. The van der Waals surface area contributed by atoms with Crippen molar-refractivity contribution in [3.8, 4) is 11.5 Å². The summed E-state index contributed by atoms with van der Waals surface area (Å²) in [5, 5.41) is 11.4. The maximum Gasteiger partial charge on any atom is 0.586 e. The standard InChI is InChI=1S/C16H16ClF2N5O3/c1-21-14(3-4-20)22-15(25)10-7-11(24(2)23-10)8-5-12-13(6-9(8)17)27-16(18,19)26-12/h4-7,10,20,23H,3H2,1-2H3,(H,21,22,25). The lowest BCUT2D eigenvalue weighted by Crippen LogP contribution is -2.46. The number of halogens is 3. The van der Waals surface area contributed by atoms with Gasteiger partial charge in [0.2, 0.25) is 5.91 Å². The minimum atomic E-state index is -3.74. The second-order valence-corrected chi connectivity index (χ2v) is 6.14. The Morgan fingerprint density at radius 1 is 1.48 bits per heavy atom. The number of hydrogen-bond acceptors (Lipinski definition) is 7. The number of hydrogen-bond donors (Lipinski definition) is 3. The van der Waals surface area contributed by atoms with Crippen LogP contribution in [-0.4, -0.2) is 49.4 Å². The van der Waals surface area contributed by atoms with E-state index in [2.05, 4.69) is 25.2 Å². The van der Waals surface area contributed by atoms with Gasteiger partial charge in [-0.1, -0.05) is 11.6 Å². The lowest BCUT2D eigenvalue weighted by molar-refractivity contribution is -0.286. The molecular weight excluding hydrogens is 384 g/mol. The first kappa shape index (κ1) is 19.1. The van der Waals surface area contributed by atoms with Gasteiger partial charge in [-0.25, -0.2) is 5.43 Å². The van der Waals surface area contributed by atoms with Crippen LogP contribution in [0.1, 0.15) is 12.0 Å². The van der Waals surface area contributed by atoms with E-state index in [0.717, 1.165) is 6.21 Å². The quantitative estimate of drug-likeness (QED) is 0.531. The van der Waals surface area contributed by atoms with Gasteiger partial charge in [-0.15, -0.1) is 8.78 Å². The Labute approximate surface area is 158 Å². The zero-order chi connectivity index (χ0) is 19.8. The number of amides is 1. The van der Waals surface area contributed by atoms with E-state index < -0.39 is 12.3 Å². The van der Waals surface area contributed by atoms with E-state index in [9.17, 15) is 13.6 Å². The van der Waals surface area contributed by atoms with Crippen LogP contribution in [0.15, 0.2) is 23.2 Å². The summed E-state index contributed by atoms with van der Waals surface area (Å²) >= 11 is 6.20.